The normalized spacial score (nSPS) is 11.1. The number of carbonyl (C=O) groups is 2. The lowest BCUT2D eigenvalue weighted by Crippen LogP contribution is -2.32. The Bertz CT molecular complexity index is 786. The van der Waals surface area contributed by atoms with Gasteiger partial charge in [0, 0.05) is 18.7 Å². The Morgan fingerprint density at radius 3 is 2.11 bits per heavy atom. The van der Waals surface area contributed by atoms with Crippen LogP contribution in [0.25, 0.3) is 0 Å². The lowest BCUT2D eigenvalue weighted by molar-refractivity contribution is -0.141. The zero-order chi connectivity index (χ0) is 20.0. The number of amides is 1. The summed E-state index contributed by atoms with van der Waals surface area (Å²) in [4.78, 5) is 25.4. The van der Waals surface area contributed by atoms with E-state index in [1.165, 1.54) is 36.3 Å². The molecular weight excluding hydrogens is 366 g/mol. The molecule has 0 saturated heterocycles. The van der Waals surface area contributed by atoms with Gasteiger partial charge in [-0.3, -0.25) is 9.59 Å². The third kappa shape index (κ3) is 5.80. The molecule has 2 aromatic rings. The van der Waals surface area contributed by atoms with E-state index in [1.54, 1.807) is 0 Å². The predicted octanol–water partition coefficient (Wildman–Crippen LogP) is 4.05. The van der Waals surface area contributed by atoms with E-state index in [9.17, 15) is 27.2 Å². The molecule has 1 amide bonds. The second kappa shape index (κ2) is 8.66. The summed E-state index contributed by atoms with van der Waals surface area (Å²) in [6.07, 6.45) is -4.58. The van der Waals surface area contributed by atoms with E-state index in [1.807, 2.05) is 0 Å². The van der Waals surface area contributed by atoms with Crippen molar-refractivity contribution in [3.8, 4) is 0 Å². The first-order valence-electron chi connectivity index (χ1n) is 7.98. The third-order valence-electron chi connectivity index (χ3n) is 3.85. The number of methoxy groups -OCH3 is 1. The number of ether oxygens (including phenoxy) is 1. The number of hydrogen-bond donors (Lipinski definition) is 0. The summed E-state index contributed by atoms with van der Waals surface area (Å²) in [6.45, 7) is 0.0705. The molecule has 0 bridgehead atoms. The Morgan fingerprint density at radius 2 is 1.59 bits per heavy atom. The molecule has 27 heavy (non-hydrogen) atoms. The molecule has 0 aromatic heterocycles. The standard InChI is InChI=1S/C19H17F4NO3/c1-27-17(25)10-11-24(12-13-2-8-16(20)9-3-13)18(26)14-4-6-15(7-5-14)19(21,22)23/h2-9H,10-12H2,1H3. The van der Waals surface area contributed by atoms with Crippen molar-refractivity contribution in [3.05, 3.63) is 71.0 Å². The van der Waals surface area contributed by atoms with Gasteiger partial charge in [0.2, 0.25) is 0 Å². The quantitative estimate of drug-likeness (QED) is 0.559. The van der Waals surface area contributed by atoms with Crippen LogP contribution in [0.3, 0.4) is 0 Å². The maximum atomic E-state index is 13.0. The maximum Gasteiger partial charge on any atom is 0.416 e. The molecule has 144 valence electrons. The molecule has 0 saturated carbocycles. The van der Waals surface area contributed by atoms with Gasteiger partial charge in [-0.15, -0.1) is 0 Å². The first-order valence-corrected chi connectivity index (χ1v) is 7.98. The van der Waals surface area contributed by atoms with Crippen LogP contribution in [-0.2, 0) is 22.3 Å². The van der Waals surface area contributed by atoms with Gasteiger partial charge in [0.15, 0.2) is 0 Å². The van der Waals surface area contributed by atoms with Crippen LogP contribution >= 0.6 is 0 Å². The Hall–Kier alpha value is -2.90. The molecule has 0 aliphatic rings. The Labute approximate surface area is 153 Å². The zero-order valence-electron chi connectivity index (χ0n) is 14.4. The molecule has 0 atom stereocenters. The fourth-order valence-electron chi connectivity index (χ4n) is 2.38. The van der Waals surface area contributed by atoms with Crippen LogP contribution in [-0.4, -0.2) is 30.4 Å². The van der Waals surface area contributed by atoms with Crippen molar-refractivity contribution in [1.82, 2.24) is 4.90 Å². The van der Waals surface area contributed by atoms with E-state index in [-0.39, 0.29) is 25.1 Å². The Morgan fingerprint density at radius 1 is 1.00 bits per heavy atom. The highest BCUT2D eigenvalue weighted by Crippen LogP contribution is 2.29. The number of carbonyl (C=O) groups excluding carboxylic acids is 2. The smallest absolute Gasteiger partial charge is 0.416 e. The van der Waals surface area contributed by atoms with Gasteiger partial charge in [0.1, 0.15) is 5.82 Å². The number of esters is 1. The van der Waals surface area contributed by atoms with Gasteiger partial charge in [-0.25, -0.2) is 4.39 Å². The van der Waals surface area contributed by atoms with Crippen LogP contribution in [0.5, 0.6) is 0 Å². The van der Waals surface area contributed by atoms with Crippen molar-refractivity contribution < 1.29 is 31.9 Å². The second-order valence-electron chi connectivity index (χ2n) is 5.75. The van der Waals surface area contributed by atoms with Crippen LogP contribution in [0.2, 0.25) is 0 Å². The van der Waals surface area contributed by atoms with Crippen LogP contribution in [0, 0.1) is 5.82 Å². The molecule has 8 heteroatoms. The molecule has 2 aromatic carbocycles. The minimum absolute atomic E-state index is 0.00387. The molecule has 0 fully saturated rings. The molecule has 0 heterocycles. The average molecular weight is 383 g/mol. The second-order valence-corrected chi connectivity index (χ2v) is 5.75. The number of nitrogens with zero attached hydrogens (tertiary/aromatic N) is 1. The van der Waals surface area contributed by atoms with Crippen molar-refractivity contribution in [2.45, 2.75) is 19.1 Å². The van der Waals surface area contributed by atoms with Crippen molar-refractivity contribution in [3.63, 3.8) is 0 Å². The molecule has 0 N–H and O–H groups in total. The van der Waals surface area contributed by atoms with Gasteiger partial charge in [0.05, 0.1) is 19.1 Å². The first kappa shape index (κ1) is 20.4. The van der Waals surface area contributed by atoms with Gasteiger partial charge < -0.3 is 9.64 Å². The minimum atomic E-state index is -4.50. The summed E-state index contributed by atoms with van der Waals surface area (Å²) in [6, 6.07) is 9.25. The predicted molar refractivity (Wildman–Crippen MR) is 89.2 cm³/mol. The Kier molecular flexibility index (Phi) is 6.55. The molecule has 0 unspecified atom stereocenters. The van der Waals surface area contributed by atoms with E-state index >= 15 is 0 Å². The lowest BCUT2D eigenvalue weighted by Gasteiger charge is -2.23. The highest BCUT2D eigenvalue weighted by atomic mass is 19.4. The number of benzene rings is 2. The molecule has 2 rings (SSSR count). The molecule has 0 aliphatic carbocycles. The zero-order valence-corrected chi connectivity index (χ0v) is 14.4. The molecule has 0 spiro atoms. The average Bonchev–Trinajstić information content (AvgIpc) is 2.65. The van der Waals surface area contributed by atoms with Gasteiger partial charge >= 0.3 is 12.1 Å². The Balaban J connectivity index is 2.21. The van der Waals surface area contributed by atoms with Crippen LogP contribution in [0.15, 0.2) is 48.5 Å². The van der Waals surface area contributed by atoms with Gasteiger partial charge in [-0.2, -0.15) is 13.2 Å². The number of rotatable bonds is 6. The van der Waals surface area contributed by atoms with Gasteiger partial charge in [-0.1, -0.05) is 12.1 Å². The summed E-state index contributed by atoms with van der Waals surface area (Å²) < 4.78 is 55.6. The molecule has 0 radical (unpaired) electrons. The van der Waals surface area contributed by atoms with E-state index < -0.39 is 29.4 Å². The molecule has 4 nitrogen and oxygen atoms in total. The fraction of sp³-hybridized carbons (Fsp3) is 0.263. The van der Waals surface area contributed by atoms with E-state index in [2.05, 4.69) is 4.74 Å². The highest BCUT2D eigenvalue weighted by Gasteiger charge is 2.30. The monoisotopic (exact) mass is 383 g/mol. The van der Waals surface area contributed by atoms with Crippen molar-refractivity contribution in [2.75, 3.05) is 13.7 Å². The van der Waals surface area contributed by atoms with Crippen molar-refractivity contribution in [2.24, 2.45) is 0 Å². The number of alkyl halides is 3. The highest BCUT2D eigenvalue weighted by molar-refractivity contribution is 5.94. The summed E-state index contributed by atoms with van der Waals surface area (Å²) in [5, 5.41) is 0. The maximum absolute atomic E-state index is 13.0. The summed E-state index contributed by atoms with van der Waals surface area (Å²) in [7, 11) is 1.21. The van der Waals surface area contributed by atoms with E-state index in [0.29, 0.717) is 5.56 Å². The van der Waals surface area contributed by atoms with Gasteiger partial charge in [-0.05, 0) is 42.0 Å². The van der Waals surface area contributed by atoms with Gasteiger partial charge in [0.25, 0.3) is 5.91 Å². The summed E-state index contributed by atoms with van der Waals surface area (Å²) in [5.41, 5.74) is -0.199. The minimum Gasteiger partial charge on any atom is -0.469 e. The van der Waals surface area contributed by atoms with E-state index in [4.69, 9.17) is 0 Å². The first-order chi connectivity index (χ1) is 12.7. The van der Waals surface area contributed by atoms with Crippen molar-refractivity contribution in [1.29, 1.82) is 0 Å². The lowest BCUT2D eigenvalue weighted by atomic mass is 10.1. The molecule has 0 aliphatic heterocycles. The number of halogens is 4. The third-order valence-corrected chi connectivity index (χ3v) is 3.85. The molecular formula is C19H17F4NO3. The van der Waals surface area contributed by atoms with Crippen LogP contribution in [0.1, 0.15) is 27.9 Å². The summed E-state index contributed by atoms with van der Waals surface area (Å²) in [5.74, 6) is -1.51. The largest absolute Gasteiger partial charge is 0.469 e. The number of hydrogen-bond acceptors (Lipinski definition) is 3. The fourth-order valence-corrected chi connectivity index (χ4v) is 2.38. The van der Waals surface area contributed by atoms with E-state index in [0.717, 1.165) is 24.3 Å². The SMILES string of the molecule is COC(=O)CCN(Cc1ccc(F)cc1)C(=O)c1ccc(C(F)(F)F)cc1. The summed E-state index contributed by atoms with van der Waals surface area (Å²) >= 11 is 0. The van der Waals surface area contributed by atoms with Crippen molar-refractivity contribution >= 4 is 11.9 Å². The topological polar surface area (TPSA) is 46.6 Å². The van der Waals surface area contributed by atoms with Crippen LogP contribution in [0.4, 0.5) is 17.6 Å². The van der Waals surface area contributed by atoms with Crippen LogP contribution < -0.4 is 0 Å².